The number of halogens is 1. The van der Waals surface area contributed by atoms with Crippen LogP contribution in [0.5, 0.6) is 5.75 Å². The maximum absolute atomic E-state index is 13.6. The molecule has 0 unspecified atom stereocenters. The second-order valence-electron chi connectivity index (χ2n) is 9.27. The molecule has 0 amide bonds. The van der Waals surface area contributed by atoms with Gasteiger partial charge in [-0.15, -0.1) is 0 Å². The Bertz CT molecular complexity index is 1380. The number of allylic oxidation sites excluding steroid dienone is 3. The molecule has 0 saturated heterocycles. The van der Waals surface area contributed by atoms with Crippen LogP contribution in [0, 0.1) is 5.82 Å². The molecule has 5 rings (SSSR count). The van der Waals surface area contributed by atoms with Crippen LogP contribution in [-0.4, -0.2) is 23.8 Å². The molecule has 6 nitrogen and oxygen atoms in total. The Hall–Kier alpha value is -4.26. The van der Waals surface area contributed by atoms with Crippen molar-refractivity contribution in [2.45, 2.75) is 38.2 Å². The van der Waals surface area contributed by atoms with Gasteiger partial charge in [-0.25, -0.2) is 9.18 Å². The van der Waals surface area contributed by atoms with E-state index in [1.54, 1.807) is 31.6 Å². The summed E-state index contributed by atoms with van der Waals surface area (Å²) in [4.78, 5) is 31.2. The predicted molar refractivity (Wildman–Crippen MR) is 136 cm³/mol. The first-order valence-corrected chi connectivity index (χ1v) is 12.1. The average Bonchev–Trinajstić information content (AvgIpc) is 2.92. The van der Waals surface area contributed by atoms with Crippen LogP contribution in [0.4, 0.5) is 4.39 Å². The number of carbonyl (C=O) groups is 2. The van der Waals surface area contributed by atoms with Crippen molar-refractivity contribution in [2.75, 3.05) is 7.11 Å². The number of nitrogens with one attached hydrogen (secondary N) is 1. The first-order valence-electron chi connectivity index (χ1n) is 12.1. The van der Waals surface area contributed by atoms with E-state index in [1.807, 2.05) is 43.3 Å². The smallest absolute Gasteiger partial charge is 0.337 e. The molecule has 2 aromatic carbocycles. The highest BCUT2D eigenvalue weighted by Gasteiger charge is 2.41. The largest absolute Gasteiger partial charge is 0.497 e. The fraction of sp³-hybridized carbons (Fsp3) is 0.233. The molecule has 2 heterocycles. The summed E-state index contributed by atoms with van der Waals surface area (Å²) in [5, 5.41) is 3.34. The number of Topliss-reactive ketones (excluding diaryl/α,β-unsaturated/α-hetero) is 1. The quantitative estimate of drug-likeness (QED) is 0.463. The number of hydrogen-bond donors (Lipinski definition) is 1. The topological polar surface area (TPSA) is 77.5 Å². The Morgan fingerprint density at radius 2 is 1.70 bits per heavy atom. The van der Waals surface area contributed by atoms with Crippen molar-refractivity contribution in [3.8, 4) is 5.75 Å². The summed E-state index contributed by atoms with van der Waals surface area (Å²) in [7, 11) is 1.59. The van der Waals surface area contributed by atoms with Crippen molar-refractivity contribution in [1.29, 1.82) is 0 Å². The van der Waals surface area contributed by atoms with E-state index in [0.717, 1.165) is 28.1 Å². The SMILES string of the molecule is COc1ccc(COC(=O)C2=C(C)NC3=C(C(=O)C[C@@H](c4ccc(F)cc4)C3)[C@@H]2c2ccncc2)cc1. The number of methoxy groups -OCH3 is 1. The van der Waals surface area contributed by atoms with Crippen molar-refractivity contribution in [2.24, 2.45) is 0 Å². The summed E-state index contributed by atoms with van der Waals surface area (Å²) in [6, 6.07) is 17.2. The van der Waals surface area contributed by atoms with E-state index in [0.29, 0.717) is 23.3 Å². The van der Waals surface area contributed by atoms with Crippen molar-refractivity contribution in [3.05, 3.63) is 118 Å². The van der Waals surface area contributed by atoms with Crippen LogP contribution in [0.3, 0.4) is 0 Å². The van der Waals surface area contributed by atoms with E-state index in [4.69, 9.17) is 9.47 Å². The standard InChI is InChI=1S/C30H27FN2O4/c1-18-27(30(35)37-17-19-3-9-24(36-2)10-4-19)28(21-11-13-32-14-12-21)29-25(33-18)15-22(16-26(29)34)20-5-7-23(31)8-6-20/h3-14,22,28,33H,15-17H2,1-2H3/t22-,28+/m0/s1. The number of nitrogens with zero attached hydrogens (tertiary/aromatic N) is 1. The van der Waals surface area contributed by atoms with Crippen LogP contribution in [0.1, 0.15) is 48.3 Å². The van der Waals surface area contributed by atoms with Crippen LogP contribution < -0.4 is 10.1 Å². The number of ketones is 1. The van der Waals surface area contributed by atoms with Gasteiger partial charge in [-0.1, -0.05) is 24.3 Å². The zero-order chi connectivity index (χ0) is 25.9. The van der Waals surface area contributed by atoms with E-state index in [1.165, 1.54) is 12.1 Å². The van der Waals surface area contributed by atoms with E-state index in [-0.39, 0.29) is 30.5 Å². The van der Waals surface area contributed by atoms with Gasteiger partial charge < -0.3 is 14.8 Å². The molecule has 188 valence electrons. The predicted octanol–water partition coefficient (Wildman–Crippen LogP) is 5.33. The zero-order valence-corrected chi connectivity index (χ0v) is 20.7. The number of esters is 1. The summed E-state index contributed by atoms with van der Waals surface area (Å²) in [5.41, 5.74) is 4.96. The summed E-state index contributed by atoms with van der Waals surface area (Å²) in [6.45, 7) is 1.92. The molecular weight excluding hydrogens is 471 g/mol. The van der Waals surface area contributed by atoms with Gasteiger partial charge in [0.05, 0.1) is 12.7 Å². The highest BCUT2D eigenvalue weighted by atomic mass is 19.1. The van der Waals surface area contributed by atoms with Gasteiger partial charge in [0.2, 0.25) is 0 Å². The number of ether oxygens (including phenoxy) is 2. The average molecular weight is 499 g/mol. The second-order valence-corrected chi connectivity index (χ2v) is 9.27. The maximum Gasteiger partial charge on any atom is 0.337 e. The monoisotopic (exact) mass is 498 g/mol. The Morgan fingerprint density at radius 1 is 1.00 bits per heavy atom. The third kappa shape index (κ3) is 5.03. The maximum atomic E-state index is 13.6. The molecule has 37 heavy (non-hydrogen) atoms. The minimum absolute atomic E-state index is 0.0437. The fourth-order valence-corrected chi connectivity index (χ4v) is 5.12. The first-order chi connectivity index (χ1) is 17.9. The number of hydrogen-bond acceptors (Lipinski definition) is 6. The summed E-state index contributed by atoms with van der Waals surface area (Å²) in [5.74, 6) is -0.758. The molecule has 0 bridgehead atoms. The molecular formula is C30H27FN2O4. The number of carbonyl (C=O) groups excluding carboxylic acids is 2. The van der Waals surface area contributed by atoms with Crippen LogP contribution in [0.2, 0.25) is 0 Å². The molecule has 1 aromatic heterocycles. The molecule has 7 heteroatoms. The molecule has 0 fully saturated rings. The lowest BCUT2D eigenvalue weighted by Gasteiger charge is -2.36. The molecule has 2 atom stereocenters. The number of pyridine rings is 1. The molecule has 0 radical (unpaired) electrons. The molecule has 1 aliphatic heterocycles. The lowest BCUT2D eigenvalue weighted by atomic mass is 9.72. The van der Waals surface area contributed by atoms with Crippen LogP contribution >= 0.6 is 0 Å². The van der Waals surface area contributed by atoms with E-state index in [2.05, 4.69) is 10.3 Å². The van der Waals surface area contributed by atoms with E-state index in [9.17, 15) is 14.0 Å². The first kappa shape index (κ1) is 24.4. The zero-order valence-electron chi connectivity index (χ0n) is 20.7. The molecule has 3 aromatic rings. The lowest BCUT2D eigenvalue weighted by molar-refractivity contribution is -0.140. The molecule has 0 spiro atoms. The van der Waals surface area contributed by atoms with Gasteiger partial charge in [-0.05, 0) is 72.4 Å². The Labute approximate surface area is 214 Å². The van der Waals surface area contributed by atoms with Crippen molar-refractivity contribution in [3.63, 3.8) is 0 Å². The Morgan fingerprint density at radius 3 is 2.38 bits per heavy atom. The number of dihydropyridines is 1. The fourth-order valence-electron chi connectivity index (χ4n) is 5.12. The normalized spacial score (nSPS) is 19.3. The number of benzene rings is 2. The summed E-state index contributed by atoms with van der Waals surface area (Å²) < 4.78 is 24.4. The molecule has 1 aliphatic carbocycles. The van der Waals surface area contributed by atoms with Crippen molar-refractivity contribution in [1.82, 2.24) is 10.3 Å². The van der Waals surface area contributed by atoms with Crippen LogP contribution in [0.25, 0.3) is 0 Å². The minimum atomic E-state index is -0.565. The highest BCUT2D eigenvalue weighted by Crippen LogP contribution is 2.45. The van der Waals surface area contributed by atoms with E-state index < -0.39 is 11.9 Å². The Balaban J connectivity index is 1.45. The van der Waals surface area contributed by atoms with Crippen LogP contribution in [-0.2, 0) is 20.9 Å². The van der Waals surface area contributed by atoms with Gasteiger partial charge in [0.25, 0.3) is 0 Å². The second kappa shape index (κ2) is 10.4. The Kier molecular flexibility index (Phi) is 6.86. The van der Waals surface area contributed by atoms with Gasteiger partial charge in [0, 0.05) is 41.7 Å². The van der Waals surface area contributed by atoms with E-state index >= 15 is 0 Å². The minimum Gasteiger partial charge on any atom is -0.497 e. The number of rotatable bonds is 6. The summed E-state index contributed by atoms with van der Waals surface area (Å²) in [6.07, 6.45) is 4.17. The van der Waals surface area contributed by atoms with Gasteiger partial charge in [0.15, 0.2) is 5.78 Å². The summed E-state index contributed by atoms with van der Waals surface area (Å²) >= 11 is 0. The lowest BCUT2D eigenvalue weighted by Crippen LogP contribution is -2.36. The highest BCUT2D eigenvalue weighted by molar-refractivity contribution is 6.04. The van der Waals surface area contributed by atoms with Crippen LogP contribution in [0.15, 0.2) is 95.6 Å². The van der Waals surface area contributed by atoms with Gasteiger partial charge in [-0.2, -0.15) is 0 Å². The van der Waals surface area contributed by atoms with Crippen molar-refractivity contribution >= 4 is 11.8 Å². The van der Waals surface area contributed by atoms with Gasteiger partial charge >= 0.3 is 5.97 Å². The van der Waals surface area contributed by atoms with Gasteiger partial charge in [-0.3, -0.25) is 9.78 Å². The third-order valence-corrected chi connectivity index (χ3v) is 6.96. The molecule has 0 saturated carbocycles. The third-order valence-electron chi connectivity index (χ3n) is 6.96. The number of aromatic nitrogens is 1. The van der Waals surface area contributed by atoms with Gasteiger partial charge in [0.1, 0.15) is 18.2 Å². The molecule has 1 N–H and O–H groups in total. The van der Waals surface area contributed by atoms with Crippen molar-refractivity contribution < 1.29 is 23.5 Å². The molecule has 2 aliphatic rings.